The van der Waals surface area contributed by atoms with Crippen LogP contribution in [0.5, 0.6) is 5.75 Å². The number of carbonyl (C=O) groups is 1. The quantitative estimate of drug-likeness (QED) is 0.618. The summed E-state index contributed by atoms with van der Waals surface area (Å²) < 4.78 is 32.9. The van der Waals surface area contributed by atoms with Crippen molar-refractivity contribution in [2.24, 2.45) is 0 Å². The van der Waals surface area contributed by atoms with E-state index in [4.69, 9.17) is 4.74 Å². The number of nitrogens with one attached hydrogen (secondary N) is 1. The van der Waals surface area contributed by atoms with Gasteiger partial charge in [-0.3, -0.25) is 9.10 Å². The normalized spacial score (nSPS) is 17.5. The van der Waals surface area contributed by atoms with Gasteiger partial charge in [0.15, 0.2) is 0 Å². The fourth-order valence-corrected chi connectivity index (χ4v) is 5.07. The highest BCUT2D eigenvalue weighted by molar-refractivity contribution is 9.10. The Morgan fingerprint density at radius 3 is 2.53 bits per heavy atom. The van der Waals surface area contributed by atoms with E-state index in [2.05, 4.69) is 35.1 Å². The van der Waals surface area contributed by atoms with E-state index in [-0.39, 0.29) is 24.1 Å². The van der Waals surface area contributed by atoms with Crippen LogP contribution in [0, 0.1) is 0 Å². The van der Waals surface area contributed by atoms with E-state index in [9.17, 15) is 13.2 Å². The van der Waals surface area contributed by atoms with Crippen LogP contribution in [0.15, 0.2) is 53.0 Å². The highest BCUT2D eigenvalue weighted by Crippen LogP contribution is 2.42. The molecule has 1 aliphatic rings. The third kappa shape index (κ3) is 4.98. The van der Waals surface area contributed by atoms with E-state index in [1.807, 2.05) is 24.3 Å². The van der Waals surface area contributed by atoms with Gasteiger partial charge in [-0.1, -0.05) is 54.0 Å². The van der Waals surface area contributed by atoms with Gasteiger partial charge in [0.05, 0.1) is 18.0 Å². The summed E-state index contributed by atoms with van der Waals surface area (Å²) in [5, 5.41) is 3.05. The van der Waals surface area contributed by atoms with Crippen LogP contribution in [-0.4, -0.2) is 32.7 Å². The van der Waals surface area contributed by atoms with Crippen molar-refractivity contribution >= 4 is 37.5 Å². The number of hydrogen-bond donors (Lipinski definition) is 1. The standard InChI is InChI=1S/C22H27BrN2O4S/c1-4-22(5-2)14-19(18-11-6-7-12-20(18)29-22)24-21(26)15-25(30(3,27)28)17-10-8-9-16(23)13-17/h6-13,19H,4-5,14-15H2,1-3H3,(H,24,26). The number of amides is 1. The molecule has 162 valence electrons. The molecule has 0 spiro atoms. The van der Waals surface area contributed by atoms with Crippen LogP contribution in [-0.2, 0) is 14.8 Å². The maximum atomic E-state index is 13.0. The average Bonchev–Trinajstić information content (AvgIpc) is 2.71. The first kappa shape index (κ1) is 22.6. The van der Waals surface area contributed by atoms with Crippen LogP contribution >= 0.6 is 15.9 Å². The zero-order valence-electron chi connectivity index (χ0n) is 17.4. The second-order valence-electron chi connectivity index (χ2n) is 7.60. The molecule has 1 atom stereocenters. The summed E-state index contributed by atoms with van der Waals surface area (Å²) in [6, 6.07) is 14.3. The van der Waals surface area contributed by atoms with Gasteiger partial charge in [0, 0.05) is 16.5 Å². The molecular formula is C22H27BrN2O4S. The highest BCUT2D eigenvalue weighted by atomic mass is 79.9. The number of hydrogen-bond acceptors (Lipinski definition) is 4. The maximum Gasteiger partial charge on any atom is 0.241 e. The Bertz CT molecular complexity index is 1020. The minimum Gasteiger partial charge on any atom is -0.487 e. The Morgan fingerprint density at radius 2 is 1.90 bits per heavy atom. The molecule has 0 saturated heterocycles. The predicted molar refractivity (Wildman–Crippen MR) is 122 cm³/mol. The third-order valence-electron chi connectivity index (χ3n) is 5.60. The maximum absolute atomic E-state index is 13.0. The van der Waals surface area contributed by atoms with Crippen molar-refractivity contribution in [3.05, 3.63) is 58.6 Å². The van der Waals surface area contributed by atoms with Crippen molar-refractivity contribution in [3.63, 3.8) is 0 Å². The van der Waals surface area contributed by atoms with Gasteiger partial charge in [-0.05, 0) is 37.1 Å². The van der Waals surface area contributed by atoms with Gasteiger partial charge >= 0.3 is 0 Å². The number of rotatable bonds is 7. The molecule has 0 radical (unpaired) electrons. The molecule has 0 aromatic heterocycles. The zero-order valence-corrected chi connectivity index (χ0v) is 19.8. The molecule has 0 saturated carbocycles. The van der Waals surface area contributed by atoms with Gasteiger partial charge in [0.1, 0.15) is 17.9 Å². The average molecular weight is 495 g/mol. The summed E-state index contributed by atoms with van der Waals surface area (Å²) >= 11 is 3.35. The van der Waals surface area contributed by atoms with Crippen molar-refractivity contribution in [3.8, 4) is 5.75 Å². The molecule has 1 N–H and O–H groups in total. The number of benzene rings is 2. The number of nitrogens with zero attached hydrogens (tertiary/aromatic N) is 1. The Labute approximate surface area is 186 Å². The summed E-state index contributed by atoms with van der Waals surface area (Å²) in [5.41, 5.74) is 0.996. The van der Waals surface area contributed by atoms with Gasteiger partial charge < -0.3 is 10.1 Å². The monoisotopic (exact) mass is 494 g/mol. The molecule has 0 fully saturated rings. The fourth-order valence-electron chi connectivity index (χ4n) is 3.83. The first-order chi connectivity index (χ1) is 14.2. The molecule has 30 heavy (non-hydrogen) atoms. The molecule has 0 bridgehead atoms. The fraction of sp³-hybridized carbons (Fsp3) is 0.409. The van der Waals surface area contributed by atoms with Gasteiger partial charge in [-0.25, -0.2) is 8.42 Å². The number of ether oxygens (including phenoxy) is 1. The second kappa shape index (κ2) is 8.98. The third-order valence-corrected chi connectivity index (χ3v) is 7.24. The first-order valence-electron chi connectivity index (χ1n) is 9.98. The lowest BCUT2D eigenvalue weighted by Crippen LogP contribution is -2.47. The molecule has 6 nitrogen and oxygen atoms in total. The van der Waals surface area contributed by atoms with Gasteiger partial charge in [0.2, 0.25) is 15.9 Å². The molecular weight excluding hydrogens is 468 g/mol. The Hall–Kier alpha value is -2.06. The lowest BCUT2D eigenvalue weighted by Gasteiger charge is -2.41. The minimum absolute atomic E-state index is 0.244. The molecule has 3 rings (SSSR count). The van der Waals surface area contributed by atoms with Gasteiger partial charge in [0.25, 0.3) is 0 Å². The molecule has 2 aromatic rings. The van der Waals surface area contributed by atoms with E-state index in [1.54, 1.807) is 24.3 Å². The zero-order chi connectivity index (χ0) is 21.9. The molecule has 0 aliphatic carbocycles. The summed E-state index contributed by atoms with van der Waals surface area (Å²) in [6.45, 7) is 3.87. The van der Waals surface area contributed by atoms with Crippen molar-refractivity contribution in [1.82, 2.24) is 5.32 Å². The van der Waals surface area contributed by atoms with Gasteiger partial charge in [-0.2, -0.15) is 0 Å². The van der Waals surface area contributed by atoms with Crippen molar-refractivity contribution < 1.29 is 17.9 Å². The van der Waals surface area contributed by atoms with Gasteiger partial charge in [-0.15, -0.1) is 0 Å². The topological polar surface area (TPSA) is 75.7 Å². The SMILES string of the molecule is CCC1(CC)CC(NC(=O)CN(c2cccc(Br)c2)S(C)(=O)=O)c2ccccc2O1. The molecule has 1 heterocycles. The largest absolute Gasteiger partial charge is 0.487 e. The molecule has 1 amide bonds. The number of sulfonamides is 1. The number of carbonyl (C=O) groups excluding carboxylic acids is 1. The van der Waals surface area contributed by atoms with Crippen molar-refractivity contribution in [2.45, 2.75) is 44.8 Å². The Morgan fingerprint density at radius 1 is 1.20 bits per heavy atom. The lowest BCUT2D eigenvalue weighted by molar-refractivity contribution is -0.121. The Balaban J connectivity index is 1.85. The van der Waals surface area contributed by atoms with E-state index in [0.717, 1.165) is 39.2 Å². The number of fused-ring (bicyclic) bond motifs is 1. The van der Waals surface area contributed by atoms with Crippen molar-refractivity contribution in [2.75, 3.05) is 17.1 Å². The second-order valence-corrected chi connectivity index (χ2v) is 10.4. The van der Waals surface area contributed by atoms with Crippen molar-refractivity contribution in [1.29, 1.82) is 0 Å². The van der Waals surface area contributed by atoms with E-state index in [0.29, 0.717) is 12.1 Å². The number of anilines is 1. The predicted octanol–water partition coefficient (Wildman–Crippen LogP) is 4.41. The number of para-hydroxylation sites is 1. The smallest absolute Gasteiger partial charge is 0.241 e. The lowest BCUT2D eigenvalue weighted by atomic mass is 9.83. The van der Waals surface area contributed by atoms with E-state index in [1.165, 1.54) is 0 Å². The summed E-state index contributed by atoms with van der Waals surface area (Å²) in [7, 11) is -3.64. The van der Waals surface area contributed by atoms with E-state index >= 15 is 0 Å². The van der Waals surface area contributed by atoms with Crippen LogP contribution in [0.2, 0.25) is 0 Å². The van der Waals surface area contributed by atoms with Crippen LogP contribution in [0.3, 0.4) is 0 Å². The summed E-state index contributed by atoms with van der Waals surface area (Å²) in [5.74, 6) is 0.410. The summed E-state index contributed by atoms with van der Waals surface area (Å²) in [4.78, 5) is 13.0. The molecule has 8 heteroatoms. The highest BCUT2D eigenvalue weighted by Gasteiger charge is 2.39. The summed E-state index contributed by atoms with van der Waals surface area (Å²) in [6.07, 6.45) is 3.37. The number of halogens is 1. The molecule has 1 unspecified atom stereocenters. The van der Waals surface area contributed by atoms with Crippen LogP contribution in [0.1, 0.15) is 44.7 Å². The minimum atomic E-state index is -3.64. The van der Waals surface area contributed by atoms with Crippen LogP contribution in [0.25, 0.3) is 0 Å². The Kier molecular flexibility index (Phi) is 6.77. The first-order valence-corrected chi connectivity index (χ1v) is 12.6. The molecule has 1 aliphatic heterocycles. The molecule has 2 aromatic carbocycles. The van der Waals surface area contributed by atoms with Crippen LogP contribution < -0.4 is 14.4 Å². The van der Waals surface area contributed by atoms with Crippen LogP contribution in [0.4, 0.5) is 5.69 Å². The van der Waals surface area contributed by atoms with E-state index < -0.39 is 10.0 Å².